The molecule has 0 saturated heterocycles. The number of hydrogen-bond donors (Lipinski definition) is 0. The number of imidazole rings is 1. The number of sulfonamides is 1. The van der Waals surface area contributed by atoms with Gasteiger partial charge in [0.25, 0.3) is 0 Å². The Bertz CT molecular complexity index is 1260. The van der Waals surface area contributed by atoms with E-state index in [0.717, 1.165) is 21.8 Å². The molecule has 9 nitrogen and oxygen atoms in total. The lowest BCUT2D eigenvalue weighted by molar-refractivity contribution is 0.0457. The molecule has 178 valence electrons. The molecule has 1 aromatic heterocycles. The molecule has 0 atom stereocenters. The van der Waals surface area contributed by atoms with Crippen LogP contribution in [0.3, 0.4) is 0 Å². The summed E-state index contributed by atoms with van der Waals surface area (Å²) in [5.41, 5.74) is 2.38. The zero-order valence-electron chi connectivity index (χ0n) is 19.7. The van der Waals surface area contributed by atoms with Crippen molar-refractivity contribution in [2.45, 2.75) is 38.3 Å². The topological polar surface area (TPSA) is 100.0 Å². The number of esters is 1. The molecule has 0 aliphatic rings. The van der Waals surface area contributed by atoms with Gasteiger partial charge in [0, 0.05) is 26.2 Å². The second-order valence-electron chi connectivity index (χ2n) is 7.70. The number of hydrogen-bond acceptors (Lipinski definition) is 7. The summed E-state index contributed by atoms with van der Waals surface area (Å²) >= 11 is 0. The van der Waals surface area contributed by atoms with Crippen molar-refractivity contribution in [2.24, 2.45) is 0 Å². The van der Waals surface area contributed by atoms with E-state index in [1.165, 1.54) is 34.4 Å². The first-order valence-corrected chi connectivity index (χ1v) is 11.9. The van der Waals surface area contributed by atoms with Crippen LogP contribution in [-0.2, 0) is 27.9 Å². The van der Waals surface area contributed by atoms with Gasteiger partial charge in [0.2, 0.25) is 10.0 Å². The molecular formula is C23H29N3O6S. The number of nitrogens with zero attached hydrogens (tertiary/aromatic N) is 3. The summed E-state index contributed by atoms with van der Waals surface area (Å²) in [5.74, 6) is 1.03. The Kier molecular flexibility index (Phi) is 7.28. The van der Waals surface area contributed by atoms with Crippen LogP contribution in [0.25, 0.3) is 11.0 Å². The Morgan fingerprint density at radius 3 is 2.27 bits per heavy atom. The number of ether oxygens (including phenoxy) is 3. The van der Waals surface area contributed by atoms with E-state index in [1.54, 1.807) is 24.3 Å². The number of fused-ring (bicyclic) bond motifs is 1. The summed E-state index contributed by atoms with van der Waals surface area (Å²) in [6.07, 6.45) is 0.830. The molecule has 0 bridgehead atoms. The maximum absolute atomic E-state index is 12.8. The molecule has 0 fully saturated rings. The van der Waals surface area contributed by atoms with Gasteiger partial charge in [0.05, 0.1) is 35.7 Å². The normalized spacial score (nSPS) is 11.7. The molecule has 0 aliphatic heterocycles. The fourth-order valence-electron chi connectivity index (χ4n) is 3.53. The van der Waals surface area contributed by atoms with Crippen LogP contribution < -0.4 is 9.47 Å². The molecule has 0 saturated carbocycles. The van der Waals surface area contributed by atoms with Gasteiger partial charge < -0.3 is 18.8 Å². The largest absolute Gasteiger partial charge is 0.496 e. The molecule has 2 aromatic carbocycles. The molecule has 10 heteroatoms. The highest BCUT2D eigenvalue weighted by molar-refractivity contribution is 7.89. The third-order valence-electron chi connectivity index (χ3n) is 5.34. The van der Waals surface area contributed by atoms with Crippen LogP contribution in [0.15, 0.2) is 35.2 Å². The van der Waals surface area contributed by atoms with Crippen molar-refractivity contribution >= 4 is 27.0 Å². The SMILES string of the molecule is CCCn1c(COC(=O)c2cc(OC)c(C)c(OC)c2)nc2cc(S(=O)(=O)N(C)C)ccc21. The van der Waals surface area contributed by atoms with Crippen molar-refractivity contribution in [1.29, 1.82) is 0 Å². The molecule has 33 heavy (non-hydrogen) atoms. The fraction of sp³-hybridized carbons (Fsp3) is 0.391. The van der Waals surface area contributed by atoms with E-state index >= 15 is 0 Å². The van der Waals surface area contributed by atoms with Crippen LogP contribution in [0.5, 0.6) is 11.5 Å². The number of carbonyl (C=O) groups is 1. The molecule has 0 radical (unpaired) electrons. The summed E-state index contributed by atoms with van der Waals surface area (Å²) in [4.78, 5) is 17.5. The van der Waals surface area contributed by atoms with E-state index in [1.807, 2.05) is 18.4 Å². The first kappa shape index (κ1) is 24.5. The summed E-state index contributed by atoms with van der Waals surface area (Å²) < 4.78 is 44.3. The molecule has 3 aromatic rings. The molecule has 0 unspecified atom stereocenters. The van der Waals surface area contributed by atoms with Crippen molar-refractivity contribution in [3.8, 4) is 11.5 Å². The van der Waals surface area contributed by atoms with E-state index in [-0.39, 0.29) is 11.5 Å². The highest BCUT2D eigenvalue weighted by Crippen LogP contribution is 2.30. The minimum Gasteiger partial charge on any atom is -0.496 e. The van der Waals surface area contributed by atoms with Gasteiger partial charge in [-0.1, -0.05) is 6.92 Å². The van der Waals surface area contributed by atoms with Gasteiger partial charge in [0.1, 0.15) is 23.9 Å². The van der Waals surface area contributed by atoms with Crippen LogP contribution in [0.4, 0.5) is 0 Å². The van der Waals surface area contributed by atoms with E-state index in [2.05, 4.69) is 4.98 Å². The van der Waals surface area contributed by atoms with Gasteiger partial charge >= 0.3 is 5.97 Å². The molecule has 0 N–H and O–H groups in total. The summed E-state index contributed by atoms with van der Waals surface area (Å²) in [7, 11) is 2.42. The zero-order valence-corrected chi connectivity index (χ0v) is 20.5. The average Bonchev–Trinajstić information content (AvgIpc) is 3.14. The molecule has 0 spiro atoms. The maximum Gasteiger partial charge on any atom is 0.338 e. The summed E-state index contributed by atoms with van der Waals surface area (Å²) in [6, 6.07) is 8.04. The van der Waals surface area contributed by atoms with Crippen molar-refractivity contribution < 1.29 is 27.4 Å². The van der Waals surface area contributed by atoms with E-state index in [0.29, 0.717) is 34.9 Å². The van der Waals surface area contributed by atoms with Crippen molar-refractivity contribution in [3.63, 3.8) is 0 Å². The van der Waals surface area contributed by atoms with Gasteiger partial charge in [-0.25, -0.2) is 22.5 Å². The number of aryl methyl sites for hydroxylation is 1. The van der Waals surface area contributed by atoms with Gasteiger partial charge in [0.15, 0.2) is 0 Å². The predicted molar refractivity (Wildman–Crippen MR) is 124 cm³/mol. The van der Waals surface area contributed by atoms with Crippen LogP contribution in [0, 0.1) is 6.92 Å². The van der Waals surface area contributed by atoms with Crippen LogP contribution >= 0.6 is 0 Å². The average molecular weight is 476 g/mol. The third-order valence-corrected chi connectivity index (χ3v) is 7.16. The quantitative estimate of drug-likeness (QED) is 0.437. The van der Waals surface area contributed by atoms with E-state index in [4.69, 9.17) is 14.2 Å². The standard InChI is InChI=1S/C23H29N3O6S/c1-7-10-26-19-9-8-17(33(28,29)25(3)4)13-18(19)24-22(26)14-32-23(27)16-11-20(30-5)15(2)21(12-16)31-6/h8-9,11-13H,7,10,14H2,1-6H3. The highest BCUT2D eigenvalue weighted by atomic mass is 32.2. The minimum atomic E-state index is -3.59. The Balaban J connectivity index is 1.92. The number of methoxy groups -OCH3 is 2. The van der Waals surface area contributed by atoms with E-state index in [9.17, 15) is 13.2 Å². The predicted octanol–water partition coefficient (Wildman–Crippen LogP) is 3.38. The van der Waals surface area contributed by atoms with Crippen LogP contribution in [-0.4, -0.2) is 56.6 Å². The lowest BCUT2D eigenvalue weighted by atomic mass is 10.1. The van der Waals surface area contributed by atoms with Crippen molar-refractivity contribution in [1.82, 2.24) is 13.9 Å². The number of aromatic nitrogens is 2. The van der Waals surface area contributed by atoms with Crippen LogP contribution in [0.2, 0.25) is 0 Å². The molecular weight excluding hydrogens is 446 g/mol. The van der Waals surface area contributed by atoms with Crippen molar-refractivity contribution in [3.05, 3.63) is 47.3 Å². The van der Waals surface area contributed by atoms with Gasteiger partial charge in [-0.2, -0.15) is 0 Å². The van der Waals surface area contributed by atoms with Gasteiger partial charge in [-0.05, 0) is 43.7 Å². The first-order valence-electron chi connectivity index (χ1n) is 10.5. The second kappa shape index (κ2) is 9.80. The highest BCUT2D eigenvalue weighted by Gasteiger charge is 2.21. The number of benzene rings is 2. The fourth-order valence-corrected chi connectivity index (χ4v) is 4.45. The van der Waals surface area contributed by atoms with Gasteiger partial charge in [-0.15, -0.1) is 0 Å². The Hall–Kier alpha value is -3.11. The first-order chi connectivity index (χ1) is 15.6. The Morgan fingerprint density at radius 1 is 1.09 bits per heavy atom. The molecule has 3 rings (SSSR count). The van der Waals surface area contributed by atoms with E-state index < -0.39 is 16.0 Å². The lowest BCUT2D eigenvalue weighted by Gasteiger charge is -2.13. The van der Waals surface area contributed by atoms with Crippen molar-refractivity contribution in [2.75, 3.05) is 28.3 Å². The monoisotopic (exact) mass is 475 g/mol. The third kappa shape index (κ3) is 4.81. The number of rotatable bonds is 9. The molecule has 0 amide bonds. The summed E-state index contributed by atoms with van der Waals surface area (Å²) in [5, 5.41) is 0. The molecule has 0 aliphatic carbocycles. The Labute approximate surface area is 193 Å². The Morgan fingerprint density at radius 2 is 1.73 bits per heavy atom. The van der Waals surface area contributed by atoms with Gasteiger partial charge in [-0.3, -0.25) is 0 Å². The smallest absolute Gasteiger partial charge is 0.338 e. The minimum absolute atomic E-state index is 0.0677. The maximum atomic E-state index is 12.8. The lowest BCUT2D eigenvalue weighted by Crippen LogP contribution is -2.22. The summed E-state index contributed by atoms with van der Waals surface area (Å²) in [6.45, 7) is 4.44. The second-order valence-corrected chi connectivity index (χ2v) is 9.85. The zero-order chi connectivity index (χ0) is 24.3. The van der Waals surface area contributed by atoms with Crippen LogP contribution in [0.1, 0.15) is 35.1 Å². The number of carbonyl (C=O) groups excluding carboxylic acids is 1. The molecule has 1 heterocycles.